The second-order valence-electron chi connectivity index (χ2n) is 6.14. The lowest BCUT2D eigenvalue weighted by atomic mass is 10.1. The summed E-state index contributed by atoms with van der Waals surface area (Å²) in [6.07, 6.45) is 2.84. The Kier molecular flexibility index (Phi) is 4.54. The number of halogens is 1. The molecule has 6 heteroatoms. The number of carbonyl (C=O) groups excluding carboxylic acids is 1. The average molecular weight is 365 g/mol. The van der Waals surface area contributed by atoms with Gasteiger partial charge in [-0.25, -0.2) is 9.97 Å². The molecule has 0 radical (unpaired) electrons. The average Bonchev–Trinajstić information content (AvgIpc) is 2.77. The lowest BCUT2D eigenvalue weighted by Gasteiger charge is -2.11. The van der Waals surface area contributed by atoms with Gasteiger partial charge in [-0.05, 0) is 30.2 Å². The minimum absolute atomic E-state index is 0.0966. The van der Waals surface area contributed by atoms with E-state index in [4.69, 9.17) is 11.6 Å². The molecule has 2 aromatic carbocycles. The van der Waals surface area contributed by atoms with Crippen LogP contribution < -0.4 is 10.6 Å². The van der Waals surface area contributed by atoms with Crippen molar-refractivity contribution in [1.82, 2.24) is 9.97 Å². The number of fused-ring (bicyclic) bond motifs is 3. The third-order valence-corrected chi connectivity index (χ3v) is 4.50. The van der Waals surface area contributed by atoms with Crippen LogP contribution in [-0.4, -0.2) is 22.4 Å². The first-order chi connectivity index (χ1) is 12.7. The zero-order valence-electron chi connectivity index (χ0n) is 14.0. The second kappa shape index (κ2) is 7.14. The van der Waals surface area contributed by atoms with Crippen LogP contribution in [0.1, 0.15) is 11.1 Å². The first-order valence-electron chi connectivity index (χ1n) is 8.42. The predicted octanol–water partition coefficient (Wildman–Crippen LogP) is 3.95. The van der Waals surface area contributed by atoms with Gasteiger partial charge in [-0.15, -0.1) is 0 Å². The van der Waals surface area contributed by atoms with Gasteiger partial charge in [0.1, 0.15) is 0 Å². The molecular weight excluding hydrogens is 348 g/mol. The molecule has 130 valence electrons. The Bertz CT molecular complexity index is 959. The van der Waals surface area contributed by atoms with Gasteiger partial charge in [-0.3, -0.25) is 4.79 Å². The lowest BCUT2D eigenvalue weighted by Crippen LogP contribution is -2.13. The van der Waals surface area contributed by atoms with Crippen molar-refractivity contribution >= 4 is 29.1 Å². The van der Waals surface area contributed by atoms with Gasteiger partial charge in [0, 0.05) is 28.9 Å². The maximum atomic E-state index is 12.1. The van der Waals surface area contributed by atoms with E-state index >= 15 is 0 Å². The van der Waals surface area contributed by atoms with Crippen LogP contribution in [-0.2, 0) is 17.6 Å². The van der Waals surface area contributed by atoms with Crippen LogP contribution in [0.15, 0.2) is 54.7 Å². The van der Waals surface area contributed by atoms with E-state index in [9.17, 15) is 4.79 Å². The number of benzene rings is 2. The van der Waals surface area contributed by atoms with E-state index in [-0.39, 0.29) is 12.3 Å². The van der Waals surface area contributed by atoms with E-state index in [0.29, 0.717) is 16.7 Å². The highest BCUT2D eigenvalue weighted by Crippen LogP contribution is 2.34. The molecule has 4 rings (SSSR count). The first kappa shape index (κ1) is 16.5. The fraction of sp³-hybridized carbons (Fsp3) is 0.150. The molecule has 0 saturated heterocycles. The van der Waals surface area contributed by atoms with E-state index in [0.717, 1.165) is 29.8 Å². The minimum atomic E-state index is -0.0966. The molecule has 2 N–H and O–H groups in total. The SMILES string of the molecule is O=C1Cc2cnc(NCCc3ccccc3)nc2-c2ccc(Cl)cc2N1. The summed E-state index contributed by atoms with van der Waals surface area (Å²) < 4.78 is 0. The molecule has 1 aliphatic rings. The molecular formula is C20H17ClN4O. The molecule has 3 aromatic rings. The Labute approximate surface area is 156 Å². The van der Waals surface area contributed by atoms with Crippen LogP contribution in [0.2, 0.25) is 5.02 Å². The van der Waals surface area contributed by atoms with Gasteiger partial charge < -0.3 is 10.6 Å². The molecule has 5 nitrogen and oxygen atoms in total. The summed E-state index contributed by atoms with van der Waals surface area (Å²) in [5.74, 6) is 0.454. The zero-order valence-corrected chi connectivity index (χ0v) is 14.8. The van der Waals surface area contributed by atoms with Crippen LogP contribution in [0.25, 0.3) is 11.3 Å². The van der Waals surface area contributed by atoms with Crippen LogP contribution in [0.4, 0.5) is 11.6 Å². The molecule has 2 heterocycles. The molecule has 0 fully saturated rings. The number of anilines is 2. The van der Waals surface area contributed by atoms with Gasteiger partial charge in [0.05, 0.1) is 17.8 Å². The van der Waals surface area contributed by atoms with Crippen molar-refractivity contribution in [2.24, 2.45) is 0 Å². The topological polar surface area (TPSA) is 66.9 Å². The third kappa shape index (κ3) is 3.53. The van der Waals surface area contributed by atoms with Crippen molar-refractivity contribution < 1.29 is 4.79 Å². The highest BCUT2D eigenvalue weighted by atomic mass is 35.5. The fourth-order valence-electron chi connectivity index (χ4n) is 3.01. The normalized spacial score (nSPS) is 12.6. The molecule has 0 spiro atoms. The van der Waals surface area contributed by atoms with Crippen molar-refractivity contribution in [2.45, 2.75) is 12.8 Å². The number of hydrogen-bond donors (Lipinski definition) is 2. The Morgan fingerprint density at radius 2 is 2.00 bits per heavy atom. The quantitative estimate of drug-likeness (QED) is 0.735. The third-order valence-electron chi connectivity index (χ3n) is 4.27. The lowest BCUT2D eigenvalue weighted by molar-refractivity contribution is -0.115. The number of nitrogens with zero attached hydrogens (tertiary/aromatic N) is 2. The van der Waals surface area contributed by atoms with Crippen molar-refractivity contribution in [2.75, 3.05) is 17.2 Å². The molecule has 1 aliphatic heterocycles. The summed E-state index contributed by atoms with van der Waals surface area (Å²) in [5, 5.41) is 6.72. The number of amides is 1. The summed E-state index contributed by atoms with van der Waals surface area (Å²) in [4.78, 5) is 21.1. The number of hydrogen-bond acceptors (Lipinski definition) is 4. The van der Waals surface area contributed by atoms with Gasteiger partial charge in [0.15, 0.2) is 0 Å². The van der Waals surface area contributed by atoms with E-state index < -0.39 is 0 Å². The molecule has 0 bridgehead atoms. The van der Waals surface area contributed by atoms with Crippen LogP contribution >= 0.6 is 11.6 Å². The molecule has 1 aromatic heterocycles. The summed E-state index contributed by atoms with van der Waals surface area (Å²) in [6, 6.07) is 15.7. The summed E-state index contributed by atoms with van der Waals surface area (Å²) in [7, 11) is 0. The van der Waals surface area contributed by atoms with Gasteiger partial charge in [-0.1, -0.05) is 41.9 Å². The smallest absolute Gasteiger partial charge is 0.228 e. The number of aromatic nitrogens is 2. The van der Waals surface area contributed by atoms with Gasteiger partial charge in [0.2, 0.25) is 11.9 Å². The largest absolute Gasteiger partial charge is 0.354 e. The van der Waals surface area contributed by atoms with Crippen molar-refractivity contribution in [3.05, 3.63) is 70.9 Å². The maximum absolute atomic E-state index is 12.1. The Morgan fingerprint density at radius 3 is 2.85 bits per heavy atom. The van der Waals surface area contributed by atoms with E-state index in [1.54, 1.807) is 18.3 Å². The molecule has 1 amide bonds. The molecule has 0 unspecified atom stereocenters. The Balaban J connectivity index is 1.59. The Hall–Kier alpha value is -2.92. The second-order valence-corrected chi connectivity index (χ2v) is 6.58. The molecule has 0 aliphatic carbocycles. The van der Waals surface area contributed by atoms with E-state index in [1.807, 2.05) is 24.3 Å². The van der Waals surface area contributed by atoms with Gasteiger partial charge >= 0.3 is 0 Å². The van der Waals surface area contributed by atoms with E-state index in [2.05, 4.69) is 32.7 Å². The van der Waals surface area contributed by atoms with Crippen molar-refractivity contribution in [3.63, 3.8) is 0 Å². The first-order valence-corrected chi connectivity index (χ1v) is 8.80. The summed E-state index contributed by atoms with van der Waals surface area (Å²) in [5.41, 5.74) is 4.34. The highest BCUT2D eigenvalue weighted by molar-refractivity contribution is 6.31. The molecule has 0 atom stereocenters. The van der Waals surface area contributed by atoms with Gasteiger partial charge in [0.25, 0.3) is 0 Å². The van der Waals surface area contributed by atoms with Crippen molar-refractivity contribution in [1.29, 1.82) is 0 Å². The highest BCUT2D eigenvalue weighted by Gasteiger charge is 2.21. The zero-order chi connectivity index (χ0) is 17.9. The maximum Gasteiger partial charge on any atom is 0.228 e. The van der Waals surface area contributed by atoms with Gasteiger partial charge in [-0.2, -0.15) is 0 Å². The van der Waals surface area contributed by atoms with E-state index in [1.165, 1.54) is 5.56 Å². The minimum Gasteiger partial charge on any atom is -0.354 e. The number of carbonyl (C=O) groups is 1. The monoisotopic (exact) mass is 364 g/mol. The number of nitrogens with one attached hydrogen (secondary N) is 2. The number of rotatable bonds is 4. The van der Waals surface area contributed by atoms with Crippen molar-refractivity contribution in [3.8, 4) is 11.3 Å². The van der Waals surface area contributed by atoms with Crippen LogP contribution in [0, 0.1) is 0 Å². The molecule has 0 saturated carbocycles. The predicted molar refractivity (Wildman–Crippen MR) is 103 cm³/mol. The summed E-state index contributed by atoms with van der Waals surface area (Å²) >= 11 is 6.07. The molecule has 26 heavy (non-hydrogen) atoms. The summed E-state index contributed by atoms with van der Waals surface area (Å²) in [6.45, 7) is 0.730. The van der Waals surface area contributed by atoms with Crippen LogP contribution in [0.5, 0.6) is 0 Å². The van der Waals surface area contributed by atoms with Crippen LogP contribution in [0.3, 0.4) is 0 Å². The fourth-order valence-corrected chi connectivity index (χ4v) is 3.18. The standard InChI is InChI=1S/C20H17ClN4O/c21-15-6-7-16-17(11-15)24-18(26)10-14-12-23-20(25-19(14)16)22-9-8-13-4-2-1-3-5-13/h1-7,11-12H,8-10H2,(H,24,26)(H,22,23,25). The Morgan fingerprint density at radius 1 is 1.15 bits per heavy atom.